The van der Waals surface area contributed by atoms with Gasteiger partial charge in [0.1, 0.15) is 0 Å². The van der Waals surface area contributed by atoms with Crippen molar-refractivity contribution in [2.24, 2.45) is 5.41 Å². The summed E-state index contributed by atoms with van der Waals surface area (Å²) in [5, 5.41) is 5.84. The standard InChI is InChI=1S/C54H64N2Si2/c1-35-17-21-37(22-18-35)55(38-23-19-36(20-24-38)53(2,3)4)51-34-48-52(43-16-14-13-15-42(43)51)44-28-25-39(31-47(44)54(48,5)6)56-49-29-26-40(57(7,8)9)32-45(49)46-33-41(58(10,11)12)27-30-50(46)56/h13,15,17-19,21,23,25-34,37H,14,16,20,22,24H2,1-12H3. The summed E-state index contributed by atoms with van der Waals surface area (Å²) < 4.78 is 2.57. The van der Waals surface area contributed by atoms with E-state index in [2.05, 4.69) is 193 Å². The van der Waals surface area contributed by atoms with Crippen molar-refractivity contribution in [2.75, 3.05) is 4.90 Å². The highest BCUT2D eigenvalue weighted by Gasteiger charge is 2.40. The van der Waals surface area contributed by atoms with Gasteiger partial charge in [0.15, 0.2) is 0 Å². The Balaban J connectivity index is 1.23. The van der Waals surface area contributed by atoms with Crippen LogP contribution in [-0.4, -0.2) is 26.8 Å². The number of aromatic nitrogens is 1. The van der Waals surface area contributed by atoms with Gasteiger partial charge in [-0.15, -0.1) is 0 Å². The quantitative estimate of drug-likeness (QED) is 0.155. The third-order valence-electron chi connectivity index (χ3n) is 13.9. The molecule has 0 saturated carbocycles. The summed E-state index contributed by atoms with van der Waals surface area (Å²) in [5.74, 6) is 0. The van der Waals surface area contributed by atoms with Crippen LogP contribution in [0.5, 0.6) is 0 Å². The molecular formula is C54H64N2Si2. The molecule has 4 aromatic carbocycles. The second-order valence-corrected chi connectivity index (χ2v) is 31.5. The largest absolute Gasteiger partial charge is 0.337 e. The van der Waals surface area contributed by atoms with Gasteiger partial charge >= 0.3 is 0 Å². The average Bonchev–Trinajstić information content (AvgIpc) is 3.62. The Morgan fingerprint density at radius 1 is 0.741 bits per heavy atom. The molecule has 0 saturated heterocycles. The summed E-state index contributed by atoms with van der Waals surface area (Å²) in [6.07, 6.45) is 22.3. The third-order valence-corrected chi connectivity index (χ3v) is 18.0. The van der Waals surface area contributed by atoms with Gasteiger partial charge in [-0.1, -0.05) is 162 Å². The maximum Gasteiger partial charge on any atom is 0.0776 e. The van der Waals surface area contributed by atoms with E-state index < -0.39 is 16.1 Å². The predicted molar refractivity (Wildman–Crippen MR) is 260 cm³/mol. The van der Waals surface area contributed by atoms with Crippen LogP contribution in [0.3, 0.4) is 0 Å². The molecule has 4 aliphatic rings. The zero-order chi connectivity index (χ0) is 41.1. The number of anilines is 1. The summed E-state index contributed by atoms with van der Waals surface area (Å²) in [5.41, 5.74) is 18.4. The lowest BCUT2D eigenvalue weighted by Gasteiger charge is -2.39. The maximum absolute atomic E-state index is 2.73. The molecule has 0 aliphatic heterocycles. The summed E-state index contributed by atoms with van der Waals surface area (Å²) in [7, 11) is -3.02. The Hall–Kier alpha value is -4.39. The van der Waals surface area contributed by atoms with E-state index in [1.807, 2.05) is 0 Å². The highest BCUT2D eigenvalue weighted by Crippen LogP contribution is 2.55. The first-order valence-electron chi connectivity index (χ1n) is 22.0. The first-order valence-corrected chi connectivity index (χ1v) is 29.0. The molecular weight excluding hydrogens is 733 g/mol. The van der Waals surface area contributed by atoms with Crippen LogP contribution in [0.25, 0.3) is 44.7 Å². The normalized spacial score (nSPS) is 18.8. The van der Waals surface area contributed by atoms with Crippen LogP contribution in [0.2, 0.25) is 39.3 Å². The smallest absolute Gasteiger partial charge is 0.0776 e. The summed E-state index contributed by atoms with van der Waals surface area (Å²) in [6, 6.07) is 25.1. The molecule has 0 N–H and O–H groups in total. The molecule has 0 fully saturated rings. The fourth-order valence-electron chi connectivity index (χ4n) is 10.3. The van der Waals surface area contributed by atoms with Crippen molar-refractivity contribution in [1.82, 2.24) is 4.57 Å². The minimum Gasteiger partial charge on any atom is -0.337 e. The van der Waals surface area contributed by atoms with Crippen LogP contribution < -0.4 is 15.3 Å². The Morgan fingerprint density at radius 2 is 1.41 bits per heavy atom. The van der Waals surface area contributed by atoms with Gasteiger partial charge in [-0.3, -0.25) is 0 Å². The lowest BCUT2D eigenvalue weighted by atomic mass is 9.79. The number of hydrogen-bond donors (Lipinski definition) is 0. The molecule has 1 aromatic heterocycles. The summed E-state index contributed by atoms with van der Waals surface area (Å²) in [6.45, 7) is 29.1. The van der Waals surface area contributed by atoms with Crippen molar-refractivity contribution in [1.29, 1.82) is 0 Å². The van der Waals surface area contributed by atoms with Crippen LogP contribution in [-0.2, 0) is 11.8 Å². The van der Waals surface area contributed by atoms with Crippen LogP contribution in [0.15, 0.2) is 114 Å². The van der Waals surface area contributed by atoms with Gasteiger partial charge in [0.05, 0.1) is 33.2 Å². The number of nitrogens with zero attached hydrogens (tertiary/aromatic N) is 2. The van der Waals surface area contributed by atoms with Crippen molar-refractivity contribution in [3.05, 3.63) is 136 Å². The molecule has 2 nitrogen and oxygen atoms in total. The second-order valence-electron chi connectivity index (χ2n) is 21.4. The first-order chi connectivity index (χ1) is 27.3. The van der Waals surface area contributed by atoms with Gasteiger partial charge in [-0.2, -0.15) is 0 Å². The topological polar surface area (TPSA) is 8.17 Å². The minimum absolute atomic E-state index is 0.162. The fourth-order valence-corrected chi connectivity index (χ4v) is 12.6. The van der Waals surface area contributed by atoms with E-state index in [-0.39, 0.29) is 16.9 Å². The van der Waals surface area contributed by atoms with Gasteiger partial charge in [-0.25, -0.2) is 0 Å². The average molecular weight is 797 g/mol. The molecule has 1 unspecified atom stereocenters. The first kappa shape index (κ1) is 39.1. The monoisotopic (exact) mass is 796 g/mol. The number of benzene rings is 4. The van der Waals surface area contributed by atoms with Gasteiger partial charge in [0, 0.05) is 38.8 Å². The molecule has 1 heterocycles. The molecule has 4 aliphatic carbocycles. The van der Waals surface area contributed by atoms with E-state index in [0.717, 1.165) is 32.1 Å². The van der Waals surface area contributed by atoms with Gasteiger partial charge in [0.25, 0.3) is 0 Å². The van der Waals surface area contributed by atoms with Crippen molar-refractivity contribution in [3.8, 4) is 16.8 Å². The van der Waals surface area contributed by atoms with Crippen molar-refractivity contribution >= 4 is 60.1 Å². The van der Waals surface area contributed by atoms with E-state index >= 15 is 0 Å². The Labute approximate surface area is 350 Å². The predicted octanol–water partition coefficient (Wildman–Crippen LogP) is 13.9. The summed E-state index contributed by atoms with van der Waals surface area (Å²) in [4.78, 5) is 2.73. The molecule has 1 atom stereocenters. The van der Waals surface area contributed by atoms with E-state index in [0.29, 0.717) is 0 Å². The molecule has 298 valence electrons. The zero-order valence-electron chi connectivity index (χ0n) is 37.3. The van der Waals surface area contributed by atoms with E-state index in [1.54, 1.807) is 5.57 Å². The van der Waals surface area contributed by atoms with Crippen molar-refractivity contribution < 1.29 is 0 Å². The van der Waals surface area contributed by atoms with Crippen molar-refractivity contribution in [2.45, 2.75) is 124 Å². The van der Waals surface area contributed by atoms with Crippen LogP contribution in [0.4, 0.5) is 5.69 Å². The molecule has 58 heavy (non-hydrogen) atoms. The fraction of sp³-hybridized carbons (Fsp3) is 0.370. The number of rotatable bonds is 6. The lowest BCUT2D eigenvalue weighted by molar-refractivity contribution is 0.477. The van der Waals surface area contributed by atoms with Crippen molar-refractivity contribution in [3.63, 3.8) is 0 Å². The van der Waals surface area contributed by atoms with Gasteiger partial charge < -0.3 is 9.47 Å². The maximum atomic E-state index is 2.73. The minimum atomic E-state index is -1.51. The second kappa shape index (κ2) is 13.6. The van der Waals surface area contributed by atoms with Crippen LogP contribution in [0.1, 0.15) is 89.5 Å². The van der Waals surface area contributed by atoms with Crippen LogP contribution in [0, 0.1) is 5.41 Å². The molecule has 0 spiro atoms. The lowest BCUT2D eigenvalue weighted by Crippen LogP contribution is -2.37. The van der Waals surface area contributed by atoms with E-state index in [4.69, 9.17) is 0 Å². The zero-order valence-corrected chi connectivity index (χ0v) is 39.3. The summed E-state index contributed by atoms with van der Waals surface area (Å²) >= 11 is 0. The molecule has 4 heteroatoms. The Kier molecular flexibility index (Phi) is 9.15. The molecule has 0 amide bonds. The molecule has 0 bridgehead atoms. The van der Waals surface area contributed by atoms with Gasteiger partial charge in [0.2, 0.25) is 0 Å². The number of allylic oxidation sites excluding steroid dienone is 7. The Morgan fingerprint density at radius 3 is 1.98 bits per heavy atom. The van der Waals surface area contributed by atoms with E-state index in [1.165, 1.54) is 88.2 Å². The van der Waals surface area contributed by atoms with E-state index in [9.17, 15) is 0 Å². The number of fused-ring (bicyclic) bond motifs is 8. The molecule has 0 radical (unpaired) electrons. The molecule has 5 aromatic rings. The highest BCUT2D eigenvalue weighted by atomic mass is 28.3. The van der Waals surface area contributed by atoms with Gasteiger partial charge in [-0.05, 0) is 109 Å². The highest BCUT2D eigenvalue weighted by molar-refractivity contribution is 6.89. The third kappa shape index (κ3) is 6.41. The van der Waals surface area contributed by atoms with Crippen LogP contribution >= 0.6 is 0 Å². The number of hydrogen-bond acceptors (Lipinski definition) is 1. The molecule has 9 rings (SSSR count). The SMILES string of the molecule is CC1=CCC(N(C2=CC=C(C(C)(C)C)CC2)c2cc3c(c4c2C=CCC4)-c2ccc(-n4c5ccc([Si](C)(C)C)cc5c5cc([Si](C)(C)C)ccc54)cc2C3(C)C)C=C1. The Bertz CT molecular complexity index is 2610.